The van der Waals surface area contributed by atoms with E-state index < -0.39 is 17.5 Å². The van der Waals surface area contributed by atoms with Crippen LogP contribution in [0.15, 0.2) is 12.3 Å². The number of carbonyl (C=O) groups excluding carboxylic acids is 1. The first kappa shape index (κ1) is 10.6. The summed E-state index contributed by atoms with van der Waals surface area (Å²) in [5.41, 5.74) is 6.33. The van der Waals surface area contributed by atoms with Crippen LogP contribution in [0.1, 0.15) is 11.1 Å². The monoisotopic (exact) mass is 224 g/mol. The van der Waals surface area contributed by atoms with Crippen molar-refractivity contribution in [3.05, 3.63) is 35.0 Å². The third-order valence-corrected chi connectivity index (χ3v) is 2.56. The van der Waals surface area contributed by atoms with Gasteiger partial charge in [-0.05, 0) is 18.6 Å². The topological polar surface area (TPSA) is 58.9 Å². The summed E-state index contributed by atoms with van der Waals surface area (Å²) in [6, 6.07) is 1.08. The molecule has 5 heteroatoms. The maximum Gasteiger partial charge on any atom is 0.221 e. The molecule has 0 atom stereocenters. The molecule has 0 radical (unpaired) electrons. The molecular formula is C11H10F2N2O. The Hall–Kier alpha value is -1.91. The Balaban J connectivity index is 2.69. The molecule has 0 aliphatic heterocycles. The van der Waals surface area contributed by atoms with Crippen molar-refractivity contribution in [2.24, 2.45) is 5.73 Å². The molecule has 1 aromatic heterocycles. The Morgan fingerprint density at radius 1 is 1.50 bits per heavy atom. The van der Waals surface area contributed by atoms with Gasteiger partial charge in [-0.25, -0.2) is 8.78 Å². The maximum atomic E-state index is 13.2. The van der Waals surface area contributed by atoms with E-state index >= 15 is 0 Å². The molecule has 0 aliphatic carbocycles. The molecule has 0 saturated carbocycles. The van der Waals surface area contributed by atoms with Crippen molar-refractivity contribution >= 4 is 16.8 Å². The molecule has 0 aliphatic rings. The molecule has 0 bridgehead atoms. The van der Waals surface area contributed by atoms with Crippen molar-refractivity contribution in [2.75, 3.05) is 0 Å². The SMILES string of the molecule is Cc1c(F)c(F)cc2c(CC(N)=O)c[nH]c12. The summed E-state index contributed by atoms with van der Waals surface area (Å²) in [7, 11) is 0. The first-order valence-corrected chi connectivity index (χ1v) is 4.73. The van der Waals surface area contributed by atoms with Crippen LogP contribution in [0.4, 0.5) is 8.78 Å². The first-order chi connectivity index (χ1) is 7.50. The van der Waals surface area contributed by atoms with Crippen LogP contribution in [-0.2, 0) is 11.2 Å². The quantitative estimate of drug-likeness (QED) is 0.802. The number of amides is 1. The minimum atomic E-state index is -0.921. The van der Waals surface area contributed by atoms with Gasteiger partial charge in [-0.3, -0.25) is 4.79 Å². The van der Waals surface area contributed by atoms with Crippen molar-refractivity contribution in [3.63, 3.8) is 0 Å². The predicted octanol–water partition coefficient (Wildman–Crippen LogP) is 1.78. The average Bonchev–Trinajstić information content (AvgIpc) is 2.58. The Morgan fingerprint density at radius 2 is 2.19 bits per heavy atom. The van der Waals surface area contributed by atoms with Crippen LogP contribution in [0.5, 0.6) is 0 Å². The summed E-state index contributed by atoms with van der Waals surface area (Å²) in [5, 5.41) is 0.496. The van der Waals surface area contributed by atoms with Gasteiger partial charge in [-0.1, -0.05) is 0 Å². The van der Waals surface area contributed by atoms with Crippen LogP contribution < -0.4 is 5.73 Å². The zero-order valence-electron chi connectivity index (χ0n) is 8.60. The molecule has 2 rings (SSSR count). The lowest BCUT2D eigenvalue weighted by Crippen LogP contribution is -2.13. The summed E-state index contributed by atoms with van der Waals surface area (Å²) in [6.45, 7) is 1.48. The average molecular weight is 224 g/mol. The highest BCUT2D eigenvalue weighted by atomic mass is 19.2. The largest absolute Gasteiger partial charge is 0.369 e. The van der Waals surface area contributed by atoms with E-state index in [1.54, 1.807) is 6.20 Å². The van der Waals surface area contributed by atoms with E-state index in [2.05, 4.69) is 4.98 Å². The van der Waals surface area contributed by atoms with Gasteiger partial charge in [0.05, 0.1) is 11.9 Å². The molecule has 0 fully saturated rings. The fourth-order valence-electron chi connectivity index (χ4n) is 1.76. The van der Waals surface area contributed by atoms with E-state index in [9.17, 15) is 13.6 Å². The van der Waals surface area contributed by atoms with Gasteiger partial charge >= 0.3 is 0 Å². The summed E-state index contributed by atoms with van der Waals surface area (Å²) >= 11 is 0. The third-order valence-electron chi connectivity index (χ3n) is 2.56. The number of hydrogen-bond donors (Lipinski definition) is 2. The maximum absolute atomic E-state index is 13.2. The smallest absolute Gasteiger partial charge is 0.221 e. The summed E-state index contributed by atoms with van der Waals surface area (Å²) < 4.78 is 26.4. The molecular weight excluding hydrogens is 214 g/mol. The number of halogens is 2. The number of H-pyrrole nitrogens is 1. The molecule has 1 amide bonds. The van der Waals surface area contributed by atoms with Gasteiger partial charge < -0.3 is 10.7 Å². The van der Waals surface area contributed by atoms with Crippen LogP contribution in [0, 0.1) is 18.6 Å². The number of primary amides is 1. The minimum Gasteiger partial charge on any atom is -0.369 e. The highest BCUT2D eigenvalue weighted by Gasteiger charge is 2.14. The number of aryl methyl sites for hydroxylation is 1. The molecule has 1 aromatic carbocycles. The molecule has 16 heavy (non-hydrogen) atoms. The zero-order chi connectivity index (χ0) is 11.9. The van der Waals surface area contributed by atoms with E-state index in [1.165, 1.54) is 6.92 Å². The molecule has 2 aromatic rings. The van der Waals surface area contributed by atoms with Crippen molar-refractivity contribution < 1.29 is 13.6 Å². The first-order valence-electron chi connectivity index (χ1n) is 4.73. The highest BCUT2D eigenvalue weighted by molar-refractivity contribution is 5.90. The molecule has 3 nitrogen and oxygen atoms in total. The van der Waals surface area contributed by atoms with Gasteiger partial charge in [0, 0.05) is 17.1 Å². The lowest BCUT2D eigenvalue weighted by Gasteiger charge is -2.01. The lowest BCUT2D eigenvalue weighted by atomic mass is 10.1. The van der Waals surface area contributed by atoms with Gasteiger partial charge in [0.1, 0.15) is 0 Å². The number of rotatable bonds is 2. The highest BCUT2D eigenvalue weighted by Crippen LogP contribution is 2.25. The summed E-state index contributed by atoms with van der Waals surface area (Å²) in [4.78, 5) is 13.6. The van der Waals surface area contributed by atoms with Gasteiger partial charge in [-0.15, -0.1) is 0 Å². The van der Waals surface area contributed by atoms with Gasteiger partial charge in [0.15, 0.2) is 11.6 Å². The van der Waals surface area contributed by atoms with Crippen LogP contribution >= 0.6 is 0 Å². The molecule has 0 spiro atoms. The van der Waals surface area contributed by atoms with E-state index in [0.29, 0.717) is 16.5 Å². The van der Waals surface area contributed by atoms with Crippen molar-refractivity contribution in [1.82, 2.24) is 4.98 Å². The molecule has 0 saturated heterocycles. The van der Waals surface area contributed by atoms with Crippen LogP contribution in [0.25, 0.3) is 10.9 Å². The fraction of sp³-hybridized carbons (Fsp3) is 0.182. The van der Waals surface area contributed by atoms with Gasteiger partial charge in [0.2, 0.25) is 5.91 Å². The third kappa shape index (κ3) is 1.54. The van der Waals surface area contributed by atoms with Crippen molar-refractivity contribution in [2.45, 2.75) is 13.3 Å². The predicted molar refractivity (Wildman–Crippen MR) is 55.9 cm³/mol. The van der Waals surface area contributed by atoms with Crippen LogP contribution in [-0.4, -0.2) is 10.9 Å². The van der Waals surface area contributed by atoms with E-state index in [4.69, 9.17) is 5.73 Å². The zero-order valence-corrected chi connectivity index (χ0v) is 8.60. The van der Waals surface area contributed by atoms with Gasteiger partial charge in [0.25, 0.3) is 0 Å². The van der Waals surface area contributed by atoms with Crippen LogP contribution in [0.2, 0.25) is 0 Å². The summed E-state index contributed by atoms with van der Waals surface area (Å²) in [6.07, 6.45) is 1.55. The normalized spacial score (nSPS) is 10.9. The molecule has 1 heterocycles. The number of aromatic amines is 1. The minimum absolute atomic E-state index is 0.00448. The number of hydrogen-bond acceptors (Lipinski definition) is 1. The van der Waals surface area contributed by atoms with E-state index in [0.717, 1.165) is 6.07 Å². The van der Waals surface area contributed by atoms with Gasteiger partial charge in [-0.2, -0.15) is 0 Å². The number of benzene rings is 1. The molecule has 84 valence electrons. The van der Waals surface area contributed by atoms with Crippen LogP contribution in [0.3, 0.4) is 0 Å². The number of nitrogens with two attached hydrogens (primary N) is 1. The van der Waals surface area contributed by atoms with E-state index in [-0.39, 0.29) is 12.0 Å². The standard InChI is InChI=1S/C11H10F2N2O/c1-5-10(13)8(12)3-7-6(2-9(14)16)4-15-11(5)7/h3-4,15H,2H2,1H3,(H2,14,16). The lowest BCUT2D eigenvalue weighted by molar-refractivity contribution is -0.117. The second kappa shape index (κ2) is 3.59. The second-order valence-electron chi connectivity index (χ2n) is 3.68. The Morgan fingerprint density at radius 3 is 2.81 bits per heavy atom. The Labute approximate surface area is 90.2 Å². The van der Waals surface area contributed by atoms with Crippen molar-refractivity contribution in [3.8, 4) is 0 Å². The summed E-state index contributed by atoms with van der Waals surface area (Å²) in [5.74, 6) is -2.31. The molecule has 0 unspecified atom stereocenters. The number of aromatic nitrogens is 1. The Bertz CT molecular complexity index is 575. The fourth-order valence-corrected chi connectivity index (χ4v) is 1.76. The Kier molecular flexibility index (Phi) is 2.38. The molecule has 3 N–H and O–H groups in total. The van der Waals surface area contributed by atoms with Crippen molar-refractivity contribution in [1.29, 1.82) is 0 Å². The second-order valence-corrected chi connectivity index (χ2v) is 3.68. The van der Waals surface area contributed by atoms with E-state index in [1.807, 2.05) is 0 Å². The number of nitrogens with one attached hydrogen (secondary N) is 1. The number of carbonyl (C=O) groups is 1. The number of fused-ring (bicyclic) bond motifs is 1.